The molecule has 5 nitrogen and oxygen atoms in total. The molecule has 0 aliphatic rings. The van der Waals surface area contributed by atoms with Gasteiger partial charge in [-0.05, 0) is 0 Å². The molecule has 2 N–H and O–H groups in total. The minimum atomic E-state index is -2.74. The predicted molar refractivity (Wildman–Crippen MR) is 42.8 cm³/mol. The minimum Gasteiger partial charge on any atom is -0.386 e. The second-order valence-electron chi connectivity index (χ2n) is 2.76. The summed E-state index contributed by atoms with van der Waals surface area (Å²) in [4.78, 5) is 3.84. The van der Waals surface area contributed by atoms with Gasteiger partial charge in [0.2, 0.25) is 5.89 Å². The van der Waals surface area contributed by atoms with Crippen LogP contribution < -0.4 is 5.32 Å². The largest absolute Gasteiger partial charge is 0.386 e. The van der Waals surface area contributed by atoms with Crippen LogP contribution in [0.5, 0.6) is 0 Å². The van der Waals surface area contributed by atoms with E-state index in [0.717, 1.165) is 0 Å². The van der Waals surface area contributed by atoms with Crippen molar-refractivity contribution in [1.82, 2.24) is 15.5 Å². The quantitative estimate of drug-likeness (QED) is 0.716. The fraction of sp³-hybridized carbons (Fsp3) is 0.714. The number of alkyl halides is 2. The third-order valence-corrected chi connectivity index (χ3v) is 1.50. The average Bonchev–Trinajstić information content (AvgIpc) is 2.51. The Labute approximate surface area is 79.1 Å². The molecule has 1 rings (SSSR count). The first-order valence-corrected chi connectivity index (χ1v) is 4.05. The molecule has 0 amide bonds. The number of aryl methyl sites for hydroxylation is 1. The van der Waals surface area contributed by atoms with Crippen LogP contribution in [0.25, 0.3) is 0 Å². The summed E-state index contributed by atoms with van der Waals surface area (Å²) >= 11 is 0. The van der Waals surface area contributed by atoms with Gasteiger partial charge in [0.1, 0.15) is 6.10 Å². The third-order valence-electron chi connectivity index (χ3n) is 1.50. The predicted octanol–water partition coefficient (Wildman–Crippen LogP) is 0.0936. The molecule has 1 heterocycles. The molecule has 1 unspecified atom stereocenters. The number of hydrogen-bond donors (Lipinski definition) is 2. The van der Waals surface area contributed by atoms with Gasteiger partial charge in [-0.25, -0.2) is 8.78 Å². The van der Waals surface area contributed by atoms with Gasteiger partial charge in [-0.15, -0.1) is 0 Å². The number of nitrogens with one attached hydrogen (secondary N) is 1. The second kappa shape index (κ2) is 4.97. The van der Waals surface area contributed by atoms with E-state index in [1.54, 1.807) is 6.92 Å². The van der Waals surface area contributed by atoms with E-state index in [2.05, 4.69) is 20.0 Å². The summed E-state index contributed by atoms with van der Waals surface area (Å²) in [6, 6.07) is 0. The summed E-state index contributed by atoms with van der Waals surface area (Å²) in [5.41, 5.74) is 0. The molecule has 80 valence electrons. The first-order chi connectivity index (χ1) is 6.59. The lowest BCUT2D eigenvalue weighted by Crippen LogP contribution is -2.31. The molecule has 0 fully saturated rings. The molecule has 7 heteroatoms. The highest BCUT2D eigenvalue weighted by atomic mass is 19.3. The molecule has 0 aliphatic carbocycles. The van der Waals surface area contributed by atoms with E-state index in [9.17, 15) is 8.78 Å². The van der Waals surface area contributed by atoms with Crippen molar-refractivity contribution in [2.45, 2.75) is 26.0 Å². The molecule has 1 atom stereocenters. The van der Waals surface area contributed by atoms with Gasteiger partial charge in [-0.3, -0.25) is 0 Å². The lowest BCUT2D eigenvalue weighted by molar-refractivity contribution is -0.00350. The zero-order valence-electron chi connectivity index (χ0n) is 7.57. The Morgan fingerprint density at radius 1 is 1.57 bits per heavy atom. The van der Waals surface area contributed by atoms with Gasteiger partial charge in [0, 0.05) is 13.5 Å². The number of hydrogen-bond acceptors (Lipinski definition) is 5. The molecular weight excluding hydrogens is 196 g/mol. The van der Waals surface area contributed by atoms with Crippen LogP contribution in [0.4, 0.5) is 8.78 Å². The van der Waals surface area contributed by atoms with E-state index in [1.807, 2.05) is 0 Å². The summed E-state index contributed by atoms with van der Waals surface area (Å²) < 4.78 is 28.3. The van der Waals surface area contributed by atoms with Crippen molar-refractivity contribution in [3.8, 4) is 0 Å². The maximum Gasteiger partial charge on any atom is 0.265 e. The Kier molecular flexibility index (Phi) is 3.90. The summed E-state index contributed by atoms with van der Waals surface area (Å²) in [5, 5.41) is 14.9. The van der Waals surface area contributed by atoms with Crippen LogP contribution in [0.1, 0.15) is 11.7 Å². The van der Waals surface area contributed by atoms with Crippen molar-refractivity contribution < 1.29 is 18.4 Å². The van der Waals surface area contributed by atoms with Crippen LogP contribution in [0.3, 0.4) is 0 Å². The number of aliphatic hydroxyl groups is 1. The monoisotopic (exact) mass is 207 g/mol. The number of nitrogens with zero attached hydrogens (tertiary/aromatic N) is 2. The molecule has 1 aromatic rings. The van der Waals surface area contributed by atoms with E-state index in [-0.39, 0.29) is 13.1 Å². The fourth-order valence-electron chi connectivity index (χ4n) is 0.834. The van der Waals surface area contributed by atoms with Crippen molar-refractivity contribution in [3.05, 3.63) is 11.7 Å². The van der Waals surface area contributed by atoms with Crippen molar-refractivity contribution in [3.63, 3.8) is 0 Å². The third kappa shape index (κ3) is 3.35. The van der Waals surface area contributed by atoms with Crippen LogP contribution >= 0.6 is 0 Å². The highest BCUT2D eigenvalue weighted by molar-refractivity contribution is 4.83. The zero-order valence-corrected chi connectivity index (χ0v) is 7.57. The highest BCUT2D eigenvalue weighted by Gasteiger charge is 2.15. The smallest absolute Gasteiger partial charge is 0.265 e. The Morgan fingerprint density at radius 2 is 2.29 bits per heavy atom. The standard InChI is InChI=1S/C7H11F2N3O2/c1-4-11-6(12-14-4)3-10-2-5(13)7(8)9/h5,7,10,13H,2-3H2,1H3. The highest BCUT2D eigenvalue weighted by Crippen LogP contribution is 1.99. The molecule has 0 aliphatic heterocycles. The fourth-order valence-corrected chi connectivity index (χ4v) is 0.834. The number of halogens is 2. The van der Waals surface area contributed by atoms with E-state index in [4.69, 9.17) is 5.11 Å². The van der Waals surface area contributed by atoms with Crippen LogP contribution in [0.15, 0.2) is 4.52 Å². The molecule has 0 saturated carbocycles. The van der Waals surface area contributed by atoms with E-state index >= 15 is 0 Å². The number of aromatic nitrogens is 2. The van der Waals surface area contributed by atoms with Crippen LogP contribution in [-0.2, 0) is 6.54 Å². The normalized spacial score (nSPS) is 13.5. The SMILES string of the molecule is Cc1nc(CNCC(O)C(F)F)no1. The Balaban J connectivity index is 2.22. The van der Waals surface area contributed by atoms with Crippen molar-refractivity contribution in [2.75, 3.05) is 6.54 Å². The van der Waals surface area contributed by atoms with Crippen molar-refractivity contribution in [1.29, 1.82) is 0 Å². The molecular formula is C7H11F2N3O2. The topological polar surface area (TPSA) is 71.2 Å². The molecule has 0 radical (unpaired) electrons. The van der Waals surface area contributed by atoms with E-state index in [1.165, 1.54) is 0 Å². The number of aliphatic hydroxyl groups excluding tert-OH is 1. The lowest BCUT2D eigenvalue weighted by Gasteiger charge is -2.08. The molecule has 0 aromatic carbocycles. The van der Waals surface area contributed by atoms with Gasteiger partial charge in [-0.2, -0.15) is 4.98 Å². The Bertz CT molecular complexity index is 280. The summed E-state index contributed by atoms with van der Waals surface area (Å²) in [6.45, 7) is 1.62. The van der Waals surface area contributed by atoms with Gasteiger partial charge >= 0.3 is 0 Å². The zero-order chi connectivity index (χ0) is 10.6. The average molecular weight is 207 g/mol. The molecule has 0 saturated heterocycles. The van der Waals surface area contributed by atoms with Crippen LogP contribution in [0, 0.1) is 6.92 Å². The first kappa shape index (κ1) is 11.0. The minimum absolute atomic E-state index is 0.196. The van der Waals surface area contributed by atoms with Crippen molar-refractivity contribution in [2.24, 2.45) is 0 Å². The summed E-state index contributed by atoms with van der Waals surface area (Å²) in [6.07, 6.45) is -4.41. The molecule has 14 heavy (non-hydrogen) atoms. The van der Waals surface area contributed by atoms with Gasteiger partial charge in [0.25, 0.3) is 6.43 Å². The molecule has 0 bridgehead atoms. The van der Waals surface area contributed by atoms with Crippen LogP contribution in [0.2, 0.25) is 0 Å². The first-order valence-electron chi connectivity index (χ1n) is 4.05. The Morgan fingerprint density at radius 3 is 2.79 bits per heavy atom. The molecule has 1 aromatic heterocycles. The second-order valence-corrected chi connectivity index (χ2v) is 2.76. The van der Waals surface area contributed by atoms with E-state index < -0.39 is 12.5 Å². The summed E-state index contributed by atoms with van der Waals surface area (Å²) in [5.74, 6) is 0.792. The summed E-state index contributed by atoms with van der Waals surface area (Å²) in [7, 11) is 0. The van der Waals surface area contributed by atoms with Crippen molar-refractivity contribution >= 4 is 0 Å². The van der Waals surface area contributed by atoms with Gasteiger partial charge in [0.15, 0.2) is 5.82 Å². The van der Waals surface area contributed by atoms with Gasteiger partial charge < -0.3 is 14.9 Å². The number of rotatable bonds is 5. The van der Waals surface area contributed by atoms with Crippen LogP contribution in [-0.4, -0.2) is 34.3 Å². The van der Waals surface area contributed by atoms with Gasteiger partial charge in [-0.1, -0.05) is 5.16 Å². The molecule has 0 spiro atoms. The lowest BCUT2D eigenvalue weighted by atomic mass is 10.3. The maximum absolute atomic E-state index is 11.8. The maximum atomic E-state index is 11.8. The Hall–Kier alpha value is -1.08. The van der Waals surface area contributed by atoms with Gasteiger partial charge in [0.05, 0.1) is 6.54 Å². The van der Waals surface area contributed by atoms with E-state index in [0.29, 0.717) is 11.7 Å².